The second-order valence-electron chi connectivity index (χ2n) is 2.97. The molecule has 0 fully saturated rings. The highest BCUT2D eigenvalue weighted by Crippen LogP contribution is 2.33. The van der Waals surface area contributed by atoms with Crippen molar-refractivity contribution in [2.24, 2.45) is 0 Å². The molecule has 0 amide bonds. The highest BCUT2D eigenvalue weighted by molar-refractivity contribution is 8.02. The van der Waals surface area contributed by atoms with E-state index >= 15 is 0 Å². The molecule has 64 valence electrons. The van der Waals surface area contributed by atoms with E-state index in [1.165, 1.54) is 15.2 Å². The van der Waals surface area contributed by atoms with Crippen molar-refractivity contribution in [1.29, 1.82) is 0 Å². The van der Waals surface area contributed by atoms with Crippen molar-refractivity contribution in [2.45, 2.75) is 11.3 Å². The highest BCUT2D eigenvalue weighted by atomic mass is 32.2. The molecule has 3 heteroatoms. The first kappa shape index (κ1) is 7.59. The molecule has 0 saturated carbocycles. The minimum atomic E-state index is 1.05. The van der Waals surface area contributed by atoms with Crippen molar-refractivity contribution in [3.05, 3.63) is 34.7 Å². The Morgan fingerprint density at radius 2 is 2.31 bits per heavy atom. The van der Waals surface area contributed by atoms with Crippen LogP contribution in [0.1, 0.15) is 5.56 Å². The Bertz CT molecular complexity index is 443. The number of benzene rings is 1. The van der Waals surface area contributed by atoms with Gasteiger partial charge in [0.15, 0.2) is 0 Å². The molecule has 0 unspecified atom stereocenters. The molecule has 1 aliphatic heterocycles. The van der Waals surface area contributed by atoms with Crippen molar-refractivity contribution < 1.29 is 0 Å². The first-order valence-electron chi connectivity index (χ1n) is 4.11. The number of rotatable bonds is 0. The highest BCUT2D eigenvalue weighted by Gasteiger charge is 2.08. The molecule has 1 aromatic heterocycles. The zero-order chi connectivity index (χ0) is 8.67. The Morgan fingerprint density at radius 1 is 1.31 bits per heavy atom. The van der Waals surface area contributed by atoms with Crippen molar-refractivity contribution in [2.75, 3.05) is 0 Å². The minimum absolute atomic E-state index is 1.05. The lowest BCUT2D eigenvalue weighted by atomic mass is 10.1. The number of hydrogen-bond acceptors (Lipinski definition) is 3. The quantitative estimate of drug-likeness (QED) is 0.653. The third-order valence-corrected chi connectivity index (χ3v) is 3.90. The van der Waals surface area contributed by atoms with Gasteiger partial charge in [-0.3, -0.25) is 0 Å². The monoisotopic (exact) mass is 205 g/mol. The average molecular weight is 205 g/mol. The average Bonchev–Trinajstić information content (AvgIpc) is 2.61. The van der Waals surface area contributed by atoms with Crippen LogP contribution in [-0.4, -0.2) is 4.98 Å². The number of aromatic nitrogens is 1. The summed E-state index contributed by atoms with van der Waals surface area (Å²) in [4.78, 5) is 5.70. The van der Waals surface area contributed by atoms with Gasteiger partial charge in [-0.15, -0.1) is 11.3 Å². The maximum atomic E-state index is 4.31. The number of fused-ring (bicyclic) bond motifs is 2. The van der Waals surface area contributed by atoms with Crippen molar-refractivity contribution in [1.82, 2.24) is 4.98 Å². The second-order valence-corrected chi connectivity index (χ2v) is 4.81. The van der Waals surface area contributed by atoms with Gasteiger partial charge in [0.1, 0.15) is 0 Å². The molecule has 1 aliphatic rings. The van der Waals surface area contributed by atoms with Gasteiger partial charge >= 0.3 is 0 Å². The molecule has 1 aromatic carbocycles. The summed E-state index contributed by atoms with van der Waals surface area (Å²) in [6, 6.07) is 4.45. The Kier molecular flexibility index (Phi) is 1.67. The van der Waals surface area contributed by atoms with Gasteiger partial charge in [-0.05, 0) is 29.5 Å². The van der Waals surface area contributed by atoms with Gasteiger partial charge in [-0.25, -0.2) is 4.98 Å². The van der Waals surface area contributed by atoms with Crippen molar-refractivity contribution >= 4 is 33.3 Å². The maximum absolute atomic E-state index is 4.31. The van der Waals surface area contributed by atoms with Gasteiger partial charge in [0, 0.05) is 4.90 Å². The van der Waals surface area contributed by atoms with Crippen LogP contribution < -0.4 is 0 Å². The first-order chi connectivity index (χ1) is 6.43. The number of nitrogens with zero attached hydrogens (tertiary/aromatic N) is 1. The van der Waals surface area contributed by atoms with E-state index < -0.39 is 0 Å². The normalized spacial score (nSPS) is 14.8. The molecule has 0 saturated heterocycles. The minimum Gasteiger partial charge on any atom is -0.245 e. The summed E-state index contributed by atoms with van der Waals surface area (Å²) in [6.45, 7) is 0. The topological polar surface area (TPSA) is 12.9 Å². The zero-order valence-corrected chi connectivity index (χ0v) is 8.49. The van der Waals surface area contributed by atoms with Gasteiger partial charge in [0.25, 0.3) is 0 Å². The fourth-order valence-electron chi connectivity index (χ4n) is 1.49. The van der Waals surface area contributed by atoms with Crippen LogP contribution in [0.4, 0.5) is 0 Å². The van der Waals surface area contributed by atoms with Crippen LogP contribution in [0, 0.1) is 0 Å². The smallest absolute Gasteiger partial charge is 0.0815 e. The molecule has 0 aliphatic carbocycles. The summed E-state index contributed by atoms with van der Waals surface area (Å²) in [5.74, 6) is 0. The molecule has 0 radical (unpaired) electrons. The van der Waals surface area contributed by atoms with Crippen LogP contribution in [0.15, 0.2) is 34.0 Å². The predicted octanol–water partition coefficient (Wildman–Crippen LogP) is 3.46. The van der Waals surface area contributed by atoms with Crippen LogP contribution in [0.3, 0.4) is 0 Å². The van der Waals surface area contributed by atoms with E-state index in [2.05, 4.69) is 28.6 Å². The largest absolute Gasteiger partial charge is 0.245 e. The Morgan fingerprint density at radius 3 is 3.31 bits per heavy atom. The molecule has 0 N–H and O–H groups in total. The molecular weight excluding hydrogens is 198 g/mol. The summed E-state index contributed by atoms with van der Waals surface area (Å²) in [7, 11) is 0. The molecule has 3 rings (SSSR count). The molecule has 0 bridgehead atoms. The zero-order valence-electron chi connectivity index (χ0n) is 6.86. The molecule has 13 heavy (non-hydrogen) atoms. The lowest BCUT2D eigenvalue weighted by Crippen LogP contribution is -1.88. The third kappa shape index (κ3) is 1.19. The Balaban J connectivity index is 2.31. The summed E-state index contributed by atoms with van der Waals surface area (Å²) in [5, 5.41) is 2.16. The molecule has 1 nitrogen and oxygen atoms in total. The van der Waals surface area contributed by atoms with E-state index in [1.807, 2.05) is 5.51 Å². The molecule has 2 heterocycles. The van der Waals surface area contributed by atoms with Gasteiger partial charge < -0.3 is 0 Å². The fraction of sp³-hybridized carbons (Fsp3) is 0.100. The summed E-state index contributed by atoms with van der Waals surface area (Å²) < 4.78 is 1.29. The number of hydrogen-bond donors (Lipinski definition) is 0. The SMILES string of the molecule is C1=CSc2cc3scnc3cc2C1. The number of thiazole rings is 1. The van der Waals surface area contributed by atoms with Crippen LogP contribution in [-0.2, 0) is 6.42 Å². The lowest BCUT2D eigenvalue weighted by Gasteiger charge is -2.08. The molecule has 0 atom stereocenters. The van der Waals surface area contributed by atoms with E-state index in [0.717, 1.165) is 11.9 Å². The second kappa shape index (κ2) is 2.86. The molecule has 0 spiro atoms. The summed E-state index contributed by atoms with van der Waals surface area (Å²) in [5.41, 5.74) is 4.46. The van der Waals surface area contributed by atoms with Crippen molar-refractivity contribution in [3.8, 4) is 0 Å². The van der Waals surface area contributed by atoms with Gasteiger partial charge in [0.2, 0.25) is 0 Å². The van der Waals surface area contributed by atoms with E-state index in [1.54, 1.807) is 23.1 Å². The summed E-state index contributed by atoms with van der Waals surface area (Å²) in [6.07, 6.45) is 3.25. The Hall–Kier alpha value is -0.800. The number of allylic oxidation sites excluding steroid dienone is 1. The maximum Gasteiger partial charge on any atom is 0.0815 e. The third-order valence-electron chi connectivity index (χ3n) is 2.14. The fourth-order valence-corrected chi connectivity index (χ4v) is 3.09. The van der Waals surface area contributed by atoms with Crippen LogP contribution in [0.2, 0.25) is 0 Å². The summed E-state index contributed by atoms with van der Waals surface area (Å²) >= 11 is 3.52. The van der Waals surface area contributed by atoms with Crippen LogP contribution in [0.5, 0.6) is 0 Å². The Labute approximate surface area is 84.5 Å². The van der Waals surface area contributed by atoms with E-state index in [-0.39, 0.29) is 0 Å². The van der Waals surface area contributed by atoms with Crippen molar-refractivity contribution in [3.63, 3.8) is 0 Å². The molecular formula is C10H7NS2. The van der Waals surface area contributed by atoms with Gasteiger partial charge in [0.05, 0.1) is 15.7 Å². The van der Waals surface area contributed by atoms with Crippen LogP contribution in [0.25, 0.3) is 10.2 Å². The van der Waals surface area contributed by atoms with Crippen LogP contribution >= 0.6 is 23.1 Å². The first-order valence-corrected chi connectivity index (χ1v) is 5.87. The number of thioether (sulfide) groups is 1. The lowest BCUT2D eigenvalue weighted by molar-refractivity contribution is 1.18. The molecule has 2 aromatic rings. The van der Waals surface area contributed by atoms with E-state index in [4.69, 9.17) is 0 Å². The van der Waals surface area contributed by atoms with Gasteiger partial charge in [-0.2, -0.15) is 0 Å². The van der Waals surface area contributed by atoms with E-state index in [9.17, 15) is 0 Å². The van der Waals surface area contributed by atoms with E-state index in [0.29, 0.717) is 0 Å². The van der Waals surface area contributed by atoms with Gasteiger partial charge in [-0.1, -0.05) is 17.8 Å². The standard InChI is InChI=1S/C10H7NS2/c1-2-7-4-8-10(13-6-11-8)5-9(7)12-3-1/h1,3-6H,2H2. The predicted molar refractivity (Wildman–Crippen MR) is 58.3 cm³/mol.